The summed E-state index contributed by atoms with van der Waals surface area (Å²) >= 11 is 0. The molecule has 2 aromatic rings. The molecule has 1 aliphatic rings. The standard InChI is InChI=1S/C26H33N3O7/c1-14(26(33)27-10-11-30)28-20-9-7-17-18(13-21(20)32)19(29-15(2)31)8-6-16-12-22(34-3)24(35-4)25(36-5)23(16)17/h7,9,12-14,19,30H,6,8,10-11H2,1-5H3,(H,27,33)(H,28,32)(H,29,31)/t14-,19-/m1/s1. The Hall–Kier alpha value is -3.79. The molecule has 36 heavy (non-hydrogen) atoms. The molecule has 0 bridgehead atoms. The number of carbonyl (C=O) groups is 2. The Kier molecular flexibility index (Phi) is 8.76. The highest BCUT2D eigenvalue weighted by Gasteiger charge is 2.29. The van der Waals surface area contributed by atoms with Gasteiger partial charge in [-0.05, 0) is 54.7 Å². The van der Waals surface area contributed by atoms with Crippen LogP contribution in [-0.2, 0) is 16.0 Å². The van der Waals surface area contributed by atoms with Crippen LogP contribution < -0.4 is 35.6 Å². The van der Waals surface area contributed by atoms with E-state index < -0.39 is 12.1 Å². The van der Waals surface area contributed by atoms with Gasteiger partial charge in [-0.25, -0.2) is 0 Å². The number of hydrogen-bond donors (Lipinski definition) is 4. The van der Waals surface area contributed by atoms with Crippen molar-refractivity contribution in [3.8, 4) is 28.4 Å². The highest BCUT2D eigenvalue weighted by molar-refractivity contribution is 5.85. The average molecular weight is 500 g/mol. The van der Waals surface area contributed by atoms with Gasteiger partial charge in [0.25, 0.3) is 0 Å². The molecule has 2 atom stereocenters. The number of methoxy groups -OCH3 is 3. The summed E-state index contributed by atoms with van der Waals surface area (Å²) in [6, 6.07) is 5.63. The molecule has 0 saturated carbocycles. The van der Waals surface area contributed by atoms with Crippen molar-refractivity contribution >= 4 is 17.5 Å². The van der Waals surface area contributed by atoms with E-state index in [1.807, 2.05) is 6.07 Å². The second-order valence-electron chi connectivity index (χ2n) is 8.48. The van der Waals surface area contributed by atoms with Crippen LogP contribution in [0.15, 0.2) is 29.1 Å². The Balaban J connectivity index is 2.23. The first kappa shape index (κ1) is 26.8. The minimum atomic E-state index is -0.719. The Bertz CT molecular complexity index is 1200. The summed E-state index contributed by atoms with van der Waals surface area (Å²) in [6.07, 6.45) is 1.14. The molecule has 0 radical (unpaired) electrons. The summed E-state index contributed by atoms with van der Waals surface area (Å²) in [5.74, 6) is 0.829. The fourth-order valence-corrected chi connectivity index (χ4v) is 4.46. The molecule has 0 unspecified atom stereocenters. The number of ether oxygens (including phenoxy) is 3. The van der Waals surface area contributed by atoms with Crippen LogP contribution in [0.1, 0.15) is 37.4 Å². The zero-order chi connectivity index (χ0) is 26.4. The van der Waals surface area contributed by atoms with Gasteiger partial charge in [-0.15, -0.1) is 0 Å². The van der Waals surface area contributed by atoms with Crippen LogP contribution >= 0.6 is 0 Å². The van der Waals surface area contributed by atoms with Gasteiger partial charge >= 0.3 is 0 Å². The molecule has 194 valence electrons. The number of amides is 2. The van der Waals surface area contributed by atoms with Crippen molar-refractivity contribution in [2.24, 2.45) is 0 Å². The molecule has 0 fully saturated rings. The van der Waals surface area contributed by atoms with Crippen molar-refractivity contribution in [2.45, 2.75) is 38.8 Å². The predicted molar refractivity (Wildman–Crippen MR) is 136 cm³/mol. The van der Waals surface area contributed by atoms with Gasteiger partial charge in [0, 0.05) is 19.0 Å². The molecule has 0 heterocycles. The second-order valence-corrected chi connectivity index (χ2v) is 8.48. The molecule has 10 heteroatoms. The Labute approximate surface area is 210 Å². The average Bonchev–Trinajstić information content (AvgIpc) is 3.10. The Morgan fingerprint density at radius 3 is 2.44 bits per heavy atom. The molecular formula is C26H33N3O7. The quantitative estimate of drug-likeness (QED) is 0.410. The van der Waals surface area contributed by atoms with Crippen LogP contribution in [0.2, 0.25) is 0 Å². The first-order valence-corrected chi connectivity index (χ1v) is 11.7. The number of nitrogens with one attached hydrogen (secondary N) is 3. The normalized spacial score (nSPS) is 14.9. The molecule has 1 aliphatic carbocycles. The fraction of sp³-hybridized carbons (Fsp3) is 0.423. The topological polar surface area (TPSA) is 135 Å². The first-order valence-electron chi connectivity index (χ1n) is 11.7. The van der Waals surface area contributed by atoms with Crippen molar-refractivity contribution in [1.82, 2.24) is 10.6 Å². The third kappa shape index (κ3) is 5.54. The van der Waals surface area contributed by atoms with Gasteiger partial charge in [-0.1, -0.05) is 6.07 Å². The minimum Gasteiger partial charge on any atom is -0.493 e. The lowest BCUT2D eigenvalue weighted by Gasteiger charge is -2.19. The maximum atomic E-state index is 13.3. The van der Waals surface area contributed by atoms with Crippen LogP contribution in [0.5, 0.6) is 17.2 Å². The smallest absolute Gasteiger partial charge is 0.242 e. The number of aliphatic hydroxyl groups excluding tert-OH is 1. The molecule has 0 spiro atoms. The van der Waals surface area contributed by atoms with Gasteiger partial charge in [0.15, 0.2) is 11.5 Å². The fourth-order valence-electron chi connectivity index (χ4n) is 4.46. The predicted octanol–water partition coefficient (Wildman–Crippen LogP) is 1.77. The maximum absolute atomic E-state index is 13.3. The molecular weight excluding hydrogens is 466 g/mol. The van der Waals surface area contributed by atoms with Gasteiger partial charge in [-0.3, -0.25) is 14.4 Å². The Morgan fingerprint density at radius 2 is 1.83 bits per heavy atom. The summed E-state index contributed by atoms with van der Waals surface area (Å²) < 4.78 is 16.9. The van der Waals surface area contributed by atoms with Gasteiger partial charge in [0.1, 0.15) is 6.04 Å². The van der Waals surface area contributed by atoms with Crippen LogP contribution in [0.3, 0.4) is 0 Å². The SMILES string of the molecule is COc1cc2c(c(OC)c1OC)-c1ccc(N[C@H](C)C(=O)NCCO)c(=O)cc1[C@H](NC(C)=O)CC2. The van der Waals surface area contributed by atoms with Crippen LogP contribution in [0.25, 0.3) is 11.1 Å². The van der Waals surface area contributed by atoms with Gasteiger partial charge in [0.2, 0.25) is 23.0 Å². The van der Waals surface area contributed by atoms with E-state index >= 15 is 0 Å². The van der Waals surface area contributed by atoms with E-state index in [1.165, 1.54) is 27.2 Å². The third-order valence-electron chi connectivity index (χ3n) is 6.09. The minimum absolute atomic E-state index is 0.117. The summed E-state index contributed by atoms with van der Waals surface area (Å²) in [4.78, 5) is 37.6. The Morgan fingerprint density at radius 1 is 1.11 bits per heavy atom. The molecule has 4 N–H and O–H groups in total. The number of fused-ring (bicyclic) bond motifs is 3. The molecule has 2 amide bonds. The van der Waals surface area contributed by atoms with Crippen molar-refractivity contribution in [1.29, 1.82) is 0 Å². The number of anilines is 1. The van der Waals surface area contributed by atoms with Crippen molar-refractivity contribution in [2.75, 3.05) is 39.8 Å². The van der Waals surface area contributed by atoms with Gasteiger partial charge in [-0.2, -0.15) is 0 Å². The number of benzene rings is 1. The molecule has 10 nitrogen and oxygen atoms in total. The number of hydrogen-bond acceptors (Lipinski definition) is 8. The van der Waals surface area contributed by atoms with Crippen molar-refractivity contribution < 1.29 is 28.9 Å². The highest BCUT2D eigenvalue weighted by Crippen LogP contribution is 2.50. The monoisotopic (exact) mass is 499 g/mol. The van der Waals surface area contributed by atoms with Gasteiger partial charge in [0.05, 0.1) is 39.7 Å². The zero-order valence-corrected chi connectivity index (χ0v) is 21.2. The molecule has 0 aromatic heterocycles. The molecule has 0 saturated heterocycles. The molecule has 3 rings (SSSR count). The van der Waals surface area contributed by atoms with Crippen molar-refractivity contribution in [3.63, 3.8) is 0 Å². The first-order chi connectivity index (χ1) is 17.2. The summed E-state index contributed by atoms with van der Waals surface area (Å²) in [5, 5.41) is 17.4. The van der Waals surface area contributed by atoms with E-state index in [-0.39, 0.29) is 36.1 Å². The van der Waals surface area contributed by atoms with E-state index in [0.717, 1.165) is 11.1 Å². The maximum Gasteiger partial charge on any atom is 0.242 e. The summed E-state index contributed by atoms with van der Waals surface area (Å²) in [5.41, 5.74) is 2.87. The van der Waals surface area contributed by atoms with E-state index in [2.05, 4.69) is 16.0 Å². The molecule has 2 aromatic carbocycles. The van der Waals surface area contributed by atoms with Gasteiger partial charge < -0.3 is 35.3 Å². The van der Waals surface area contributed by atoms with E-state index in [1.54, 1.807) is 26.2 Å². The lowest BCUT2D eigenvalue weighted by molar-refractivity contribution is -0.121. The number of aliphatic hydroxyl groups is 1. The van der Waals surface area contributed by atoms with E-state index in [4.69, 9.17) is 19.3 Å². The highest BCUT2D eigenvalue weighted by atomic mass is 16.5. The largest absolute Gasteiger partial charge is 0.493 e. The second kappa shape index (κ2) is 11.8. The van der Waals surface area contributed by atoms with Crippen LogP contribution in [0, 0.1) is 0 Å². The van der Waals surface area contributed by atoms with Crippen LogP contribution in [0.4, 0.5) is 5.69 Å². The van der Waals surface area contributed by atoms with Crippen molar-refractivity contribution in [3.05, 3.63) is 45.6 Å². The lowest BCUT2D eigenvalue weighted by atomic mass is 9.95. The van der Waals surface area contributed by atoms with E-state index in [9.17, 15) is 14.4 Å². The van der Waals surface area contributed by atoms with E-state index in [0.29, 0.717) is 41.2 Å². The third-order valence-corrected chi connectivity index (χ3v) is 6.09. The zero-order valence-electron chi connectivity index (χ0n) is 21.2. The molecule has 0 aliphatic heterocycles. The number of carbonyl (C=O) groups excluding carboxylic acids is 2. The number of rotatable bonds is 9. The van der Waals surface area contributed by atoms with Crippen LogP contribution in [-0.4, -0.2) is 57.4 Å². The summed E-state index contributed by atoms with van der Waals surface area (Å²) in [7, 11) is 4.61. The summed E-state index contributed by atoms with van der Waals surface area (Å²) in [6.45, 7) is 3.00. The number of aryl methyl sites for hydroxylation is 1. The lowest BCUT2D eigenvalue weighted by Crippen LogP contribution is -2.39.